The lowest BCUT2D eigenvalue weighted by molar-refractivity contribution is -0.125. The zero-order chi connectivity index (χ0) is 15.3. The summed E-state index contributed by atoms with van der Waals surface area (Å²) in [6.45, 7) is 3.07. The Morgan fingerprint density at radius 2 is 2.14 bits per heavy atom. The lowest BCUT2D eigenvalue weighted by Gasteiger charge is -2.29. The monoisotopic (exact) mass is 290 g/mol. The number of amides is 1. The van der Waals surface area contributed by atoms with Gasteiger partial charge >= 0.3 is 0 Å². The number of aliphatic hydroxyl groups is 1. The molecule has 6 nitrogen and oxygen atoms in total. The molecule has 0 saturated carbocycles. The second kappa shape index (κ2) is 6.41. The van der Waals surface area contributed by atoms with Crippen LogP contribution in [0.1, 0.15) is 18.2 Å². The Kier molecular flexibility index (Phi) is 4.59. The third kappa shape index (κ3) is 3.82. The van der Waals surface area contributed by atoms with E-state index in [4.69, 9.17) is 9.26 Å². The Morgan fingerprint density at radius 1 is 1.43 bits per heavy atom. The SMILES string of the molecule is Cc1cc(OCC(=O)NC(C)(CO)c2ccccc2)no1. The van der Waals surface area contributed by atoms with Crippen LogP contribution >= 0.6 is 0 Å². The molecule has 0 aliphatic carbocycles. The van der Waals surface area contributed by atoms with Crippen molar-refractivity contribution < 1.29 is 19.2 Å². The van der Waals surface area contributed by atoms with Gasteiger partial charge in [-0.1, -0.05) is 30.3 Å². The van der Waals surface area contributed by atoms with Crippen molar-refractivity contribution in [2.75, 3.05) is 13.2 Å². The third-order valence-corrected chi connectivity index (χ3v) is 3.10. The van der Waals surface area contributed by atoms with Crippen LogP contribution in [0.3, 0.4) is 0 Å². The van der Waals surface area contributed by atoms with Crippen LogP contribution in [0.2, 0.25) is 0 Å². The standard InChI is InChI=1S/C15H18N2O4/c1-11-8-14(17-21-11)20-9-13(19)16-15(2,10-18)12-6-4-3-5-7-12/h3-8,18H,9-10H2,1-2H3,(H,16,19). The Labute approximate surface area is 122 Å². The van der Waals surface area contributed by atoms with E-state index in [1.165, 1.54) is 0 Å². The largest absolute Gasteiger partial charge is 0.465 e. The number of ether oxygens (including phenoxy) is 1. The van der Waals surface area contributed by atoms with E-state index in [9.17, 15) is 9.90 Å². The Bertz CT molecular complexity index is 597. The molecular formula is C15H18N2O4. The average Bonchev–Trinajstić information content (AvgIpc) is 2.91. The number of carbonyl (C=O) groups is 1. The van der Waals surface area contributed by atoms with Crippen molar-refractivity contribution in [3.8, 4) is 5.88 Å². The van der Waals surface area contributed by atoms with Crippen molar-refractivity contribution in [3.63, 3.8) is 0 Å². The van der Waals surface area contributed by atoms with Gasteiger partial charge in [-0.2, -0.15) is 0 Å². The van der Waals surface area contributed by atoms with E-state index in [-0.39, 0.29) is 25.0 Å². The predicted octanol–water partition coefficient (Wildman–Crippen LogP) is 1.39. The normalized spacial score (nSPS) is 13.5. The highest BCUT2D eigenvalue weighted by atomic mass is 16.5. The number of carbonyl (C=O) groups excluding carboxylic acids is 1. The average molecular weight is 290 g/mol. The highest BCUT2D eigenvalue weighted by Crippen LogP contribution is 2.19. The van der Waals surface area contributed by atoms with Gasteiger partial charge < -0.3 is 19.7 Å². The molecule has 0 aliphatic rings. The number of aliphatic hydroxyl groups excluding tert-OH is 1. The van der Waals surface area contributed by atoms with E-state index < -0.39 is 5.54 Å². The zero-order valence-electron chi connectivity index (χ0n) is 12.0. The first-order chi connectivity index (χ1) is 10.0. The molecule has 6 heteroatoms. The summed E-state index contributed by atoms with van der Waals surface area (Å²) in [6.07, 6.45) is 0. The van der Waals surface area contributed by atoms with Gasteiger partial charge in [0.1, 0.15) is 5.76 Å². The minimum absolute atomic E-state index is 0.200. The smallest absolute Gasteiger partial charge is 0.258 e. The van der Waals surface area contributed by atoms with E-state index >= 15 is 0 Å². The van der Waals surface area contributed by atoms with Crippen molar-refractivity contribution in [2.24, 2.45) is 0 Å². The van der Waals surface area contributed by atoms with E-state index in [2.05, 4.69) is 10.5 Å². The maximum Gasteiger partial charge on any atom is 0.258 e. The highest BCUT2D eigenvalue weighted by Gasteiger charge is 2.27. The van der Waals surface area contributed by atoms with Crippen molar-refractivity contribution in [2.45, 2.75) is 19.4 Å². The highest BCUT2D eigenvalue weighted by molar-refractivity contribution is 5.78. The molecule has 2 rings (SSSR count). The molecule has 2 aromatic rings. The van der Waals surface area contributed by atoms with E-state index in [0.717, 1.165) is 5.56 Å². The molecule has 0 radical (unpaired) electrons. The van der Waals surface area contributed by atoms with Crippen molar-refractivity contribution in [1.82, 2.24) is 10.5 Å². The van der Waals surface area contributed by atoms with Crippen LogP contribution < -0.4 is 10.1 Å². The minimum Gasteiger partial charge on any atom is -0.465 e. The summed E-state index contributed by atoms with van der Waals surface area (Å²) in [7, 11) is 0. The van der Waals surface area contributed by atoms with Crippen LogP contribution in [-0.2, 0) is 10.3 Å². The molecular weight excluding hydrogens is 272 g/mol. The fourth-order valence-corrected chi connectivity index (χ4v) is 1.90. The van der Waals surface area contributed by atoms with Gasteiger partial charge in [-0.15, -0.1) is 0 Å². The van der Waals surface area contributed by atoms with E-state index in [1.807, 2.05) is 30.3 Å². The molecule has 21 heavy (non-hydrogen) atoms. The van der Waals surface area contributed by atoms with Gasteiger partial charge in [0.2, 0.25) is 0 Å². The fraction of sp³-hybridized carbons (Fsp3) is 0.333. The molecule has 0 spiro atoms. The molecule has 1 unspecified atom stereocenters. The third-order valence-electron chi connectivity index (χ3n) is 3.10. The second-order valence-corrected chi connectivity index (χ2v) is 4.97. The Hall–Kier alpha value is -2.34. The van der Waals surface area contributed by atoms with E-state index in [0.29, 0.717) is 5.76 Å². The molecule has 0 saturated heterocycles. The quantitative estimate of drug-likeness (QED) is 0.839. The lowest BCUT2D eigenvalue weighted by atomic mass is 9.93. The van der Waals surface area contributed by atoms with Crippen LogP contribution in [0.15, 0.2) is 40.9 Å². The Balaban J connectivity index is 1.96. The number of rotatable bonds is 6. The Morgan fingerprint density at radius 3 is 2.71 bits per heavy atom. The number of nitrogens with zero attached hydrogens (tertiary/aromatic N) is 1. The molecule has 1 heterocycles. The van der Waals surface area contributed by atoms with Gasteiger partial charge in [0.05, 0.1) is 12.1 Å². The van der Waals surface area contributed by atoms with Crippen LogP contribution in [0.5, 0.6) is 5.88 Å². The van der Waals surface area contributed by atoms with Crippen molar-refractivity contribution in [3.05, 3.63) is 47.7 Å². The minimum atomic E-state index is -0.860. The first-order valence-corrected chi connectivity index (χ1v) is 6.57. The van der Waals surface area contributed by atoms with Crippen LogP contribution in [0.4, 0.5) is 0 Å². The molecule has 0 bridgehead atoms. The van der Waals surface area contributed by atoms with E-state index in [1.54, 1.807) is 19.9 Å². The summed E-state index contributed by atoms with van der Waals surface area (Å²) >= 11 is 0. The van der Waals surface area contributed by atoms with Crippen molar-refractivity contribution in [1.29, 1.82) is 0 Å². The molecule has 112 valence electrons. The van der Waals surface area contributed by atoms with Gasteiger partial charge in [0.25, 0.3) is 11.8 Å². The predicted molar refractivity (Wildman–Crippen MR) is 75.8 cm³/mol. The topological polar surface area (TPSA) is 84.6 Å². The number of hydrogen-bond donors (Lipinski definition) is 2. The number of aromatic nitrogens is 1. The summed E-state index contributed by atoms with van der Waals surface area (Å²) in [4.78, 5) is 12.0. The summed E-state index contributed by atoms with van der Waals surface area (Å²) in [6, 6.07) is 10.9. The zero-order valence-corrected chi connectivity index (χ0v) is 12.0. The number of nitrogens with one attached hydrogen (secondary N) is 1. The summed E-state index contributed by atoms with van der Waals surface area (Å²) in [5.74, 6) is 0.513. The summed E-state index contributed by atoms with van der Waals surface area (Å²) in [5.41, 5.74) is -0.0420. The fourth-order valence-electron chi connectivity index (χ4n) is 1.90. The molecule has 1 aromatic heterocycles. The molecule has 2 N–H and O–H groups in total. The van der Waals surface area contributed by atoms with Crippen molar-refractivity contribution >= 4 is 5.91 Å². The molecule has 0 aliphatic heterocycles. The summed E-state index contributed by atoms with van der Waals surface area (Å²) in [5, 5.41) is 16.0. The molecule has 1 atom stereocenters. The van der Waals surface area contributed by atoms with Gasteiger partial charge in [0.15, 0.2) is 6.61 Å². The van der Waals surface area contributed by atoms with Crippen LogP contribution in [-0.4, -0.2) is 29.4 Å². The number of benzene rings is 1. The number of aryl methyl sites for hydroxylation is 1. The van der Waals surface area contributed by atoms with Crippen LogP contribution in [0, 0.1) is 6.92 Å². The maximum absolute atomic E-state index is 12.0. The molecule has 0 fully saturated rings. The lowest BCUT2D eigenvalue weighted by Crippen LogP contribution is -2.48. The summed E-state index contributed by atoms with van der Waals surface area (Å²) < 4.78 is 10.1. The van der Waals surface area contributed by atoms with Gasteiger partial charge in [-0.05, 0) is 24.6 Å². The van der Waals surface area contributed by atoms with Gasteiger partial charge in [-0.3, -0.25) is 4.79 Å². The van der Waals surface area contributed by atoms with Crippen LogP contribution in [0.25, 0.3) is 0 Å². The van der Waals surface area contributed by atoms with Gasteiger partial charge in [-0.25, -0.2) is 0 Å². The first-order valence-electron chi connectivity index (χ1n) is 6.57. The first kappa shape index (κ1) is 15.1. The molecule has 1 aromatic carbocycles. The maximum atomic E-state index is 12.0. The van der Waals surface area contributed by atoms with Gasteiger partial charge in [0, 0.05) is 6.07 Å². The second-order valence-electron chi connectivity index (χ2n) is 4.97. The number of hydrogen-bond acceptors (Lipinski definition) is 5. The molecule has 1 amide bonds.